The molecule has 0 unspecified atom stereocenters. The largest absolute Gasteiger partial charge is 0.493 e. The molecule has 0 heterocycles. The second-order valence-corrected chi connectivity index (χ2v) is 7.11. The average molecular weight is 376 g/mol. The molecule has 0 bridgehead atoms. The zero-order chi connectivity index (χ0) is 17.0. The molecule has 1 N–H and O–H groups in total. The summed E-state index contributed by atoms with van der Waals surface area (Å²) in [6, 6.07) is 9.39. The molecule has 2 aromatic carbocycles. The van der Waals surface area contributed by atoms with Crippen molar-refractivity contribution in [2.75, 3.05) is 14.2 Å². The van der Waals surface area contributed by atoms with Gasteiger partial charge in [-0.1, -0.05) is 35.3 Å². The molecule has 2 aromatic rings. The molecule has 124 valence electrons. The lowest BCUT2D eigenvalue weighted by Crippen LogP contribution is -2.23. The zero-order valence-corrected chi connectivity index (χ0v) is 14.8. The third kappa shape index (κ3) is 4.09. The summed E-state index contributed by atoms with van der Waals surface area (Å²) in [5.74, 6) is 0.778. The SMILES string of the molecule is COc1ccc(S(=O)(=O)NCc2cccc(Cl)c2Cl)cc1OC. The van der Waals surface area contributed by atoms with Gasteiger partial charge in [-0.15, -0.1) is 0 Å². The molecule has 5 nitrogen and oxygen atoms in total. The number of methoxy groups -OCH3 is 2. The fourth-order valence-electron chi connectivity index (χ4n) is 1.92. The molecule has 8 heteroatoms. The van der Waals surface area contributed by atoms with Gasteiger partial charge in [-0.3, -0.25) is 0 Å². The Morgan fingerprint density at radius 3 is 2.39 bits per heavy atom. The first-order chi connectivity index (χ1) is 10.9. The normalized spacial score (nSPS) is 11.3. The van der Waals surface area contributed by atoms with Gasteiger partial charge in [0.25, 0.3) is 0 Å². The van der Waals surface area contributed by atoms with E-state index in [4.69, 9.17) is 32.7 Å². The van der Waals surface area contributed by atoms with Crippen molar-refractivity contribution in [3.63, 3.8) is 0 Å². The van der Waals surface area contributed by atoms with Crippen LogP contribution in [-0.4, -0.2) is 22.6 Å². The number of halogens is 2. The molecule has 0 aromatic heterocycles. The molecule has 0 radical (unpaired) electrons. The molecular weight excluding hydrogens is 361 g/mol. The van der Waals surface area contributed by atoms with Crippen LogP contribution >= 0.6 is 23.2 Å². The quantitative estimate of drug-likeness (QED) is 0.838. The van der Waals surface area contributed by atoms with E-state index in [1.165, 1.54) is 32.4 Å². The van der Waals surface area contributed by atoms with Crippen molar-refractivity contribution >= 4 is 33.2 Å². The van der Waals surface area contributed by atoms with Crippen molar-refractivity contribution in [2.24, 2.45) is 0 Å². The van der Waals surface area contributed by atoms with Crippen LogP contribution in [0.3, 0.4) is 0 Å². The van der Waals surface area contributed by atoms with Crippen LogP contribution in [0.15, 0.2) is 41.3 Å². The van der Waals surface area contributed by atoms with Gasteiger partial charge >= 0.3 is 0 Å². The highest BCUT2D eigenvalue weighted by Gasteiger charge is 2.17. The fourth-order valence-corrected chi connectivity index (χ4v) is 3.33. The summed E-state index contributed by atoms with van der Waals surface area (Å²) in [4.78, 5) is 0.0632. The predicted octanol–water partition coefficient (Wildman–Crippen LogP) is 3.49. The molecule has 2 rings (SSSR count). The Bertz CT molecular complexity index is 809. The summed E-state index contributed by atoms with van der Waals surface area (Å²) in [6.07, 6.45) is 0. The van der Waals surface area contributed by atoms with E-state index in [9.17, 15) is 8.42 Å². The van der Waals surface area contributed by atoms with Crippen LogP contribution in [0.2, 0.25) is 10.0 Å². The van der Waals surface area contributed by atoms with Crippen LogP contribution in [0.4, 0.5) is 0 Å². The van der Waals surface area contributed by atoms with Crippen LogP contribution in [0, 0.1) is 0 Å². The first-order valence-corrected chi connectivity index (χ1v) is 8.77. The Morgan fingerprint density at radius 1 is 1.04 bits per heavy atom. The van der Waals surface area contributed by atoms with E-state index in [1.807, 2.05) is 0 Å². The van der Waals surface area contributed by atoms with Crippen molar-refractivity contribution in [3.8, 4) is 11.5 Å². The van der Waals surface area contributed by atoms with E-state index in [0.717, 1.165) is 0 Å². The van der Waals surface area contributed by atoms with Gasteiger partial charge < -0.3 is 9.47 Å². The van der Waals surface area contributed by atoms with Gasteiger partial charge in [-0.05, 0) is 23.8 Å². The summed E-state index contributed by atoms with van der Waals surface area (Å²) in [7, 11) is -0.817. The maximum absolute atomic E-state index is 12.4. The molecule has 0 aliphatic rings. The lowest BCUT2D eigenvalue weighted by Gasteiger charge is -2.11. The lowest BCUT2D eigenvalue weighted by atomic mass is 10.2. The number of ether oxygens (including phenoxy) is 2. The third-order valence-electron chi connectivity index (χ3n) is 3.15. The first-order valence-electron chi connectivity index (χ1n) is 6.53. The summed E-state index contributed by atoms with van der Waals surface area (Å²) in [6.45, 7) is 0.0239. The first kappa shape index (κ1) is 17.9. The molecule has 0 fully saturated rings. The topological polar surface area (TPSA) is 64.6 Å². The number of benzene rings is 2. The molecule has 0 spiro atoms. The molecule has 0 atom stereocenters. The molecule has 0 saturated heterocycles. The molecule has 0 amide bonds. The van der Waals surface area contributed by atoms with E-state index in [1.54, 1.807) is 18.2 Å². The average Bonchev–Trinajstić information content (AvgIpc) is 2.55. The predicted molar refractivity (Wildman–Crippen MR) is 90.0 cm³/mol. The highest BCUT2D eigenvalue weighted by Crippen LogP contribution is 2.30. The Hall–Kier alpha value is -1.47. The highest BCUT2D eigenvalue weighted by molar-refractivity contribution is 7.89. The monoisotopic (exact) mass is 375 g/mol. The van der Waals surface area contributed by atoms with Crippen LogP contribution in [0.25, 0.3) is 0 Å². The van der Waals surface area contributed by atoms with E-state index in [-0.39, 0.29) is 11.4 Å². The van der Waals surface area contributed by atoms with Gasteiger partial charge in [-0.2, -0.15) is 0 Å². The van der Waals surface area contributed by atoms with E-state index >= 15 is 0 Å². The van der Waals surface area contributed by atoms with Gasteiger partial charge in [0, 0.05) is 12.6 Å². The van der Waals surface area contributed by atoms with Crippen LogP contribution in [0.1, 0.15) is 5.56 Å². The lowest BCUT2D eigenvalue weighted by molar-refractivity contribution is 0.354. The second kappa shape index (κ2) is 7.40. The molecule has 0 saturated carbocycles. The van der Waals surface area contributed by atoms with Gasteiger partial charge in [0.1, 0.15) is 0 Å². The summed E-state index contributed by atoms with van der Waals surface area (Å²) >= 11 is 12.0. The summed E-state index contributed by atoms with van der Waals surface area (Å²) in [5.41, 5.74) is 0.586. The van der Waals surface area contributed by atoms with E-state index < -0.39 is 10.0 Å². The molecule has 23 heavy (non-hydrogen) atoms. The van der Waals surface area contributed by atoms with Crippen LogP contribution < -0.4 is 14.2 Å². The number of nitrogens with one attached hydrogen (secondary N) is 1. The summed E-state index contributed by atoms with van der Waals surface area (Å²) < 4.78 is 37.5. The molecular formula is C15H15Cl2NO4S. The van der Waals surface area contributed by atoms with Gasteiger partial charge in [0.15, 0.2) is 11.5 Å². The Balaban J connectivity index is 2.24. The molecule has 0 aliphatic heterocycles. The Labute approximate surface area is 145 Å². The van der Waals surface area contributed by atoms with E-state index in [0.29, 0.717) is 27.1 Å². The molecule has 0 aliphatic carbocycles. The number of sulfonamides is 1. The van der Waals surface area contributed by atoms with Gasteiger partial charge in [0.05, 0.1) is 29.2 Å². The maximum Gasteiger partial charge on any atom is 0.241 e. The Morgan fingerprint density at radius 2 is 1.74 bits per heavy atom. The van der Waals surface area contributed by atoms with Crippen LogP contribution in [0.5, 0.6) is 11.5 Å². The van der Waals surface area contributed by atoms with Crippen molar-refractivity contribution in [1.29, 1.82) is 0 Å². The van der Waals surface area contributed by atoms with Crippen molar-refractivity contribution < 1.29 is 17.9 Å². The second-order valence-electron chi connectivity index (χ2n) is 4.55. The standard InChI is InChI=1S/C15H15Cl2NO4S/c1-21-13-7-6-11(8-14(13)22-2)23(19,20)18-9-10-4-3-5-12(16)15(10)17/h3-8,18H,9H2,1-2H3. The number of rotatable bonds is 6. The maximum atomic E-state index is 12.4. The third-order valence-corrected chi connectivity index (χ3v) is 5.41. The number of hydrogen-bond donors (Lipinski definition) is 1. The van der Waals surface area contributed by atoms with Crippen molar-refractivity contribution in [3.05, 3.63) is 52.0 Å². The summed E-state index contributed by atoms with van der Waals surface area (Å²) in [5, 5.41) is 0.693. The smallest absolute Gasteiger partial charge is 0.241 e. The highest BCUT2D eigenvalue weighted by atomic mass is 35.5. The zero-order valence-electron chi connectivity index (χ0n) is 12.5. The minimum Gasteiger partial charge on any atom is -0.493 e. The van der Waals surface area contributed by atoms with Gasteiger partial charge in [0.2, 0.25) is 10.0 Å². The minimum absolute atomic E-state index is 0.0239. The van der Waals surface area contributed by atoms with Crippen LogP contribution in [-0.2, 0) is 16.6 Å². The van der Waals surface area contributed by atoms with Crippen molar-refractivity contribution in [2.45, 2.75) is 11.4 Å². The Kier molecular flexibility index (Phi) is 5.75. The number of hydrogen-bond acceptors (Lipinski definition) is 4. The van der Waals surface area contributed by atoms with Crippen molar-refractivity contribution in [1.82, 2.24) is 4.72 Å². The minimum atomic E-state index is -3.73. The van der Waals surface area contributed by atoms with Gasteiger partial charge in [-0.25, -0.2) is 13.1 Å². The van der Waals surface area contributed by atoms with E-state index in [2.05, 4.69) is 4.72 Å². The fraction of sp³-hybridized carbons (Fsp3) is 0.200.